The van der Waals surface area contributed by atoms with Gasteiger partial charge >= 0.3 is 0 Å². The molecule has 0 amide bonds. The molecule has 0 saturated heterocycles. The second-order valence-corrected chi connectivity index (χ2v) is 2.93. The molecule has 58 valence electrons. The summed E-state index contributed by atoms with van der Waals surface area (Å²) in [5.41, 5.74) is 0.952. The third-order valence-corrected chi connectivity index (χ3v) is 2.17. The predicted octanol–water partition coefficient (Wildman–Crippen LogP) is 0.804. The maximum Gasteiger partial charge on any atom is 0.145 e. The lowest BCUT2D eigenvalue weighted by Gasteiger charge is -2.03. The third-order valence-electron chi connectivity index (χ3n) is 2.17. The Morgan fingerprint density at radius 1 is 1.00 bits per heavy atom. The number of benzene rings is 2. The van der Waals surface area contributed by atoms with Crippen molar-refractivity contribution in [2.24, 2.45) is 0 Å². The van der Waals surface area contributed by atoms with E-state index >= 15 is 0 Å². The van der Waals surface area contributed by atoms with E-state index in [4.69, 9.17) is 0 Å². The van der Waals surface area contributed by atoms with Gasteiger partial charge in [0.2, 0.25) is 0 Å². The zero-order valence-electron chi connectivity index (χ0n) is 6.91. The van der Waals surface area contributed by atoms with Gasteiger partial charge in [-0.25, -0.2) is 0 Å². The van der Waals surface area contributed by atoms with Gasteiger partial charge in [-0.1, -0.05) is 30.3 Å². The number of hydrogen-bond acceptors (Lipinski definition) is 1. The molecule has 0 saturated carbocycles. The minimum absolute atomic E-state index is 0.369. The molecule has 0 atom stereocenters. The average molecular weight is 156 g/mol. The van der Waals surface area contributed by atoms with Crippen LogP contribution >= 0.6 is 0 Å². The van der Waals surface area contributed by atoms with Gasteiger partial charge in [0.1, 0.15) is 13.6 Å². The highest BCUT2D eigenvalue weighted by atomic mass is 16.3. The maximum atomic E-state index is 9.42. The molecule has 0 aliphatic rings. The average Bonchev–Trinajstić information content (AvgIpc) is 2.12. The van der Waals surface area contributed by atoms with Crippen molar-refractivity contribution in [3.8, 4) is 5.75 Å². The maximum absolute atomic E-state index is 9.42. The Hall–Kier alpha value is -1.44. The number of rotatable bonds is 0. The first-order chi connectivity index (χ1) is 5.79. The first kappa shape index (κ1) is 7.23. The molecule has 2 rings (SSSR count). The molecule has 0 heterocycles. The molecule has 0 aromatic heterocycles. The summed E-state index contributed by atoms with van der Waals surface area (Å²) < 4.78 is 0. The van der Waals surface area contributed by atoms with Crippen molar-refractivity contribution >= 4 is 24.1 Å². The first-order valence-electron chi connectivity index (χ1n) is 3.96. The van der Waals surface area contributed by atoms with Gasteiger partial charge < -0.3 is 5.11 Å². The highest BCUT2D eigenvalue weighted by Gasteiger charge is 1.99. The zero-order valence-corrected chi connectivity index (χ0v) is 6.91. The summed E-state index contributed by atoms with van der Waals surface area (Å²) in [5.74, 6) is 0.369. The van der Waals surface area contributed by atoms with Crippen LogP contribution in [0.2, 0.25) is 0 Å². The largest absolute Gasteiger partial charge is 0.509 e. The van der Waals surface area contributed by atoms with Crippen LogP contribution in [0.5, 0.6) is 5.75 Å². The van der Waals surface area contributed by atoms with Crippen LogP contribution in [0.3, 0.4) is 0 Å². The molecule has 1 N–H and O–H groups in total. The number of aromatic hydroxyl groups is 1. The highest BCUT2D eigenvalue weighted by Crippen LogP contribution is 2.15. The van der Waals surface area contributed by atoms with Crippen molar-refractivity contribution in [2.45, 2.75) is 0 Å². The normalized spacial score (nSPS) is 10.3. The van der Waals surface area contributed by atoms with Gasteiger partial charge in [-0.3, -0.25) is 0 Å². The van der Waals surface area contributed by atoms with E-state index in [2.05, 4.69) is 0 Å². The van der Waals surface area contributed by atoms with Gasteiger partial charge in [0.05, 0.1) is 0 Å². The quantitative estimate of drug-likeness (QED) is 0.559. The monoisotopic (exact) mass is 156 g/mol. The Bertz CT molecular complexity index is 423. The van der Waals surface area contributed by atoms with Crippen LogP contribution in [0.4, 0.5) is 0 Å². The van der Waals surface area contributed by atoms with Gasteiger partial charge in [-0.15, -0.1) is 0 Å². The lowest BCUT2D eigenvalue weighted by Crippen LogP contribution is -2.03. The van der Waals surface area contributed by atoms with E-state index in [1.165, 1.54) is 5.39 Å². The standard InChI is InChI=1S/C10H9BO/c11-10-8-4-2-1-3-7(8)5-6-9(10)12/h1-6,12H,11H2. The van der Waals surface area contributed by atoms with Crippen LogP contribution in [-0.2, 0) is 0 Å². The Balaban J connectivity index is 2.91. The van der Waals surface area contributed by atoms with Gasteiger partial charge in [-0.2, -0.15) is 0 Å². The lowest BCUT2D eigenvalue weighted by molar-refractivity contribution is 0.480. The molecular formula is C10H9BO. The summed E-state index contributed by atoms with van der Waals surface area (Å²) >= 11 is 0. The SMILES string of the molecule is Bc1c(O)ccc2ccccc12. The topological polar surface area (TPSA) is 20.2 Å². The van der Waals surface area contributed by atoms with Crippen LogP contribution in [0, 0.1) is 0 Å². The third kappa shape index (κ3) is 0.963. The number of phenolic OH excluding ortho intramolecular Hbond substituents is 1. The minimum atomic E-state index is 0.369. The van der Waals surface area contributed by atoms with Crippen molar-refractivity contribution in [3.05, 3.63) is 36.4 Å². The van der Waals surface area contributed by atoms with Crippen molar-refractivity contribution in [1.29, 1.82) is 0 Å². The molecule has 0 unspecified atom stereocenters. The smallest absolute Gasteiger partial charge is 0.145 e. The molecule has 0 aliphatic carbocycles. The van der Waals surface area contributed by atoms with E-state index in [1.807, 2.05) is 38.2 Å². The van der Waals surface area contributed by atoms with Crippen LogP contribution in [0.1, 0.15) is 0 Å². The van der Waals surface area contributed by atoms with E-state index in [0.29, 0.717) is 5.75 Å². The van der Waals surface area contributed by atoms with E-state index in [-0.39, 0.29) is 0 Å². The summed E-state index contributed by atoms with van der Waals surface area (Å²) in [7, 11) is 1.93. The Morgan fingerprint density at radius 2 is 1.75 bits per heavy atom. The van der Waals surface area contributed by atoms with Gasteiger partial charge in [-0.05, 0) is 22.3 Å². The number of fused-ring (bicyclic) bond motifs is 1. The lowest BCUT2D eigenvalue weighted by atomic mass is 9.89. The second kappa shape index (κ2) is 2.56. The van der Waals surface area contributed by atoms with Gasteiger partial charge in [0, 0.05) is 0 Å². The number of hydrogen-bond donors (Lipinski definition) is 1. The van der Waals surface area contributed by atoms with Crippen LogP contribution in [0.15, 0.2) is 36.4 Å². The Kier molecular flexibility index (Phi) is 1.54. The highest BCUT2D eigenvalue weighted by molar-refractivity contribution is 6.40. The Labute approximate surface area is 72.1 Å². The minimum Gasteiger partial charge on any atom is -0.509 e. The van der Waals surface area contributed by atoms with Crippen LogP contribution in [0.25, 0.3) is 10.8 Å². The molecule has 0 radical (unpaired) electrons. The molecule has 2 heteroatoms. The Morgan fingerprint density at radius 3 is 2.58 bits per heavy atom. The molecule has 12 heavy (non-hydrogen) atoms. The zero-order chi connectivity index (χ0) is 8.55. The molecule has 1 nitrogen and oxygen atoms in total. The summed E-state index contributed by atoms with van der Waals surface area (Å²) in [6.07, 6.45) is 0. The fraction of sp³-hybridized carbons (Fsp3) is 0. The van der Waals surface area contributed by atoms with Crippen LogP contribution < -0.4 is 5.46 Å². The predicted molar refractivity (Wildman–Crippen MR) is 53.8 cm³/mol. The van der Waals surface area contributed by atoms with E-state index < -0.39 is 0 Å². The molecule has 2 aromatic rings. The second-order valence-electron chi connectivity index (χ2n) is 2.93. The van der Waals surface area contributed by atoms with E-state index in [0.717, 1.165) is 10.8 Å². The molecule has 0 aliphatic heterocycles. The number of phenols is 1. The summed E-state index contributed by atoms with van der Waals surface area (Å²) in [4.78, 5) is 0. The molecule has 0 bridgehead atoms. The summed E-state index contributed by atoms with van der Waals surface area (Å²) in [6.45, 7) is 0. The summed E-state index contributed by atoms with van der Waals surface area (Å²) in [5, 5.41) is 11.7. The fourth-order valence-corrected chi connectivity index (χ4v) is 1.42. The van der Waals surface area contributed by atoms with Gasteiger partial charge in [0.25, 0.3) is 0 Å². The van der Waals surface area contributed by atoms with Gasteiger partial charge in [0.15, 0.2) is 0 Å². The van der Waals surface area contributed by atoms with Crippen molar-refractivity contribution < 1.29 is 5.11 Å². The molecule has 0 spiro atoms. The van der Waals surface area contributed by atoms with Crippen molar-refractivity contribution in [3.63, 3.8) is 0 Å². The first-order valence-corrected chi connectivity index (χ1v) is 3.96. The van der Waals surface area contributed by atoms with E-state index in [9.17, 15) is 5.11 Å². The molecule has 2 aromatic carbocycles. The van der Waals surface area contributed by atoms with Crippen molar-refractivity contribution in [1.82, 2.24) is 0 Å². The summed E-state index contributed by atoms with van der Waals surface area (Å²) in [6, 6.07) is 11.7. The van der Waals surface area contributed by atoms with Crippen molar-refractivity contribution in [2.75, 3.05) is 0 Å². The molecular weight excluding hydrogens is 147 g/mol. The van der Waals surface area contributed by atoms with Crippen LogP contribution in [-0.4, -0.2) is 13.0 Å². The molecule has 0 fully saturated rings. The van der Waals surface area contributed by atoms with E-state index in [1.54, 1.807) is 6.07 Å². The fourth-order valence-electron chi connectivity index (χ4n) is 1.42.